The first-order valence-electron chi connectivity index (χ1n) is 8.56. The molecule has 0 aromatic heterocycles. The van der Waals surface area contributed by atoms with Crippen molar-refractivity contribution in [2.24, 2.45) is 0 Å². The zero-order chi connectivity index (χ0) is 18.6. The molecule has 0 bridgehead atoms. The number of benzene rings is 2. The number of hydrogen-bond donors (Lipinski definition) is 3. The van der Waals surface area contributed by atoms with Gasteiger partial charge in [0.05, 0.1) is 13.2 Å². The lowest BCUT2D eigenvalue weighted by Gasteiger charge is -2.09. The third kappa shape index (κ3) is 7.81. The van der Waals surface area contributed by atoms with Gasteiger partial charge in [-0.15, -0.1) is 0 Å². The molecule has 138 valence electrons. The van der Waals surface area contributed by atoms with Gasteiger partial charge >= 0.3 is 12.0 Å². The number of nitrogens with one attached hydrogen (secondary N) is 2. The SMILES string of the molecule is O=C(O)CCCNC(=O)NCc1cccc(COCc2ccccc2)c1. The fourth-order valence-corrected chi connectivity index (χ4v) is 2.38. The van der Waals surface area contributed by atoms with Crippen LogP contribution in [0.2, 0.25) is 0 Å². The van der Waals surface area contributed by atoms with Gasteiger partial charge < -0.3 is 20.5 Å². The van der Waals surface area contributed by atoms with Gasteiger partial charge in [0, 0.05) is 19.5 Å². The van der Waals surface area contributed by atoms with Crippen molar-refractivity contribution in [1.82, 2.24) is 10.6 Å². The molecule has 0 aliphatic heterocycles. The largest absolute Gasteiger partial charge is 0.481 e. The van der Waals surface area contributed by atoms with Crippen molar-refractivity contribution in [3.63, 3.8) is 0 Å². The van der Waals surface area contributed by atoms with Gasteiger partial charge in [0.15, 0.2) is 0 Å². The van der Waals surface area contributed by atoms with Crippen LogP contribution in [0.25, 0.3) is 0 Å². The van der Waals surface area contributed by atoms with Gasteiger partial charge in [-0.1, -0.05) is 54.6 Å². The number of aliphatic carboxylic acids is 1. The molecule has 0 atom stereocenters. The van der Waals surface area contributed by atoms with E-state index in [1.807, 2.05) is 54.6 Å². The molecule has 26 heavy (non-hydrogen) atoms. The zero-order valence-corrected chi connectivity index (χ0v) is 14.6. The Morgan fingerprint density at radius 2 is 1.58 bits per heavy atom. The lowest BCUT2D eigenvalue weighted by atomic mass is 10.1. The molecule has 2 amide bonds. The van der Waals surface area contributed by atoms with Crippen molar-refractivity contribution < 1.29 is 19.4 Å². The molecule has 0 aliphatic rings. The van der Waals surface area contributed by atoms with Crippen molar-refractivity contribution in [3.05, 3.63) is 71.3 Å². The van der Waals surface area contributed by atoms with E-state index in [4.69, 9.17) is 9.84 Å². The van der Waals surface area contributed by atoms with E-state index in [1.54, 1.807) is 0 Å². The summed E-state index contributed by atoms with van der Waals surface area (Å²) in [5.41, 5.74) is 3.15. The Morgan fingerprint density at radius 3 is 2.35 bits per heavy atom. The van der Waals surface area contributed by atoms with E-state index < -0.39 is 5.97 Å². The Balaban J connectivity index is 1.69. The molecule has 0 unspecified atom stereocenters. The highest BCUT2D eigenvalue weighted by atomic mass is 16.5. The van der Waals surface area contributed by atoms with Crippen molar-refractivity contribution >= 4 is 12.0 Å². The molecule has 0 fully saturated rings. The number of amides is 2. The van der Waals surface area contributed by atoms with Crippen LogP contribution < -0.4 is 10.6 Å². The maximum absolute atomic E-state index is 11.7. The van der Waals surface area contributed by atoms with Crippen LogP contribution >= 0.6 is 0 Å². The van der Waals surface area contributed by atoms with E-state index in [9.17, 15) is 9.59 Å². The molecule has 2 rings (SSSR count). The fraction of sp³-hybridized carbons (Fsp3) is 0.300. The molecule has 6 nitrogen and oxygen atoms in total. The standard InChI is InChI=1S/C20H24N2O4/c23-19(24)10-5-11-21-20(25)22-13-17-8-4-9-18(12-17)15-26-14-16-6-2-1-3-7-16/h1-4,6-9,12H,5,10-11,13-15H2,(H,23,24)(H2,21,22,25). The highest BCUT2D eigenvalue weighted by Crippen LogP contribution is 2.09. The van der Waals surface area contributed by atoms with Crippen molar-refractivity contribution in [1.29, 1.82) is 0 Å². The molecule has 0 spiro atoms. The Hall–Kier alpha value is -2.86. The predicted molar refractivity (Wildman–Crippen MR) is 98.5 cm³/mol. The normalized spacial score (nSPS) is 10.3. The van der Waals surface area contributed by atoms with Crippen LogP contribution in [0.4, 0.5) is 4.79 Å². The number of ether oxygens (including phenoxy) is 1. The predicted octanol–water partition coefficient (Wildman–Crippen LogP) is 3.07. The van der Waals surface area contributed by atoms with Crippen LogP contribution in [0.3, 0.4) is 0 Å². The third-order valence-electron chi connectivity index (χ3n) is 3.68. The number of carbonyl (C=O) groups is 2. The molecule has 2 aromatic rings. The third-order valence-corrected chi connectivity index (χ3v) is 3.68. The Morgan fingerprint density at radius 1 is 0.885 bits per heavy atom. The minimum absolute atomic E-state index is 0.0469. The number of carbonyl (C=O) groups excluding carboxylic acids is 1. The smallest absolute Gasteiger partial charge is 0.315 e. The number of urea groups is 1. The van der Waals surface area contributed by atoms with Gasteiger partial charge in [-0.05, 0) is 23.1 Å². The van der Waals surface area contributed by atoms with Crippen molar-refractivity contribution in [2.75, 3.05) is 6.54 Å². The van der Waals surface area contributed by atoms with E-state index in [2.05, 4.69) is 10.6 Å². The number of rotatable bonds is 10. The maximum Gasteiger partial charge on any atom is 0.315 e. The summed E-state index contributed by atoms with van der Waals surface area (Å²) in [5.74, 6) is -0.862. The minimum atomic E-state index is -0.862. The fourth-order valence-electron chi connectivity index (χ4n) is 2.38. The topological polar surface area (TPSA) is 87.7 Å². The molecule has 2 aromatic carbocycles. The second-order valence-corrected chi connectivity index (χ2v) is 5.91. The average molecular weight is 356 g/mol. The molecule has 3 N–H and O–H groups in total. The van der Waals surface area contributed by atoms with Crippen LogP contribution in [0.1, 0.15) is 29.5 Å². The Bertz CT molecular complexity index is 704. The van der Waals surface area contributed by atoms with Crippen molar-refractivity contribution in [3.8, 4) is 0 Å². The summed E-state index contributed by atoms with van der Waals surface area (Å²) in [7, 11) is 0. The first-order chi connectivity index (χ1) is 12.6. The van der Waals surface area contributed by atoms with Gasteiger partial charge in [0.25, 0.3) is 0 Å². The van der Waals surface area contributed by atoms with Gasteiger partial charge in [-0.2, -0.15) is 0 Å². The van der Waals surface area contributed by atoms with Gasteiger partial charge in [0.1, 0.15) is 0 Å². The van der Waals surface area contributed by atoms with Gasteiger partial charge in [-0.25, -0.2) is 4.79 Å². The van der Waals surface area contributed by atoms with Crippen LogP contribution in [0.5, 0.6) is 0 Å². The summed E-state index contributed by atoms with van der Waals surface area (Å²) in [6, 6.07) is 17.5. The summed E-state index contributed by atoms with van der Waals surface area (Å²) in [6.45, 7) is 1.80. The first kappa shape index (κ1) is 19.5. The molecule has 0 heterocycles. The Kier molecular flexibility index (Phi) is 8.15. The van der Waals surface area contributed by atoms with Crippen molar-refractivity contribution in [2.45, 2.75) is 32.6 Å². The molecule has 0 saturated heterocycles. The number of carboxylic acids is 1. The highest BCUT2D eigenvalue weighted by Gasteiger charge is 2.03. The second kappa shape index (κ2) is 10.9. The molecule has 0 saturated carbocycles. The average Bonchev–Trinajstić information content (AvgIpc) is 2.65. The van der Waals surface area contributed by atoms with E-state index in [0.717, 1.165) is 16.7 Å². The van der Waals surface area contributed by atoms with E-state index in [-0.39, 0.29) is 12.5 Å². The molecule has 0 radical (unpaired) electrons. The summed E-state index contributed by atoms with van der Waals surface area (Å²) in [5, 5.41) is 13.9. The molecular weight excluding hydrogens is 332 g/mol. The molecule has 6 heteroatoms. The zero-order valence-electron chi connectivity index (χ0n) is 14.6. The summed E-state index contributed by atoms with van der Waals surface area (Å²) in [6.07, 6.45) is 0.461. The summed E-state index contributed by atoms with van der Waals surface area (Å²) < 4.78 is 5.72. The number of hydrogen-bond acceptors (Lipinski definition) is 3. The van der Waals surface area contributed by atoms with Crippen LogP contribution in [-0.4, -0.2) is 23.7 Å². The molecule has 0 aliphatic carbocycles. The number of carboxylic acid groups (broad SMARTS) is 1. The van der Waals surface area contributed by atoms with E-state index >= 15 is 0 Å². The van der Waals surface area contributed by atoms with Gasteiger partial charge in [0.2, 0.25) is 0 Å². The minimum Gasteiger partial charge on any atom is -0.481 e. The quantitative estimate of drug-likeness (QED) is 0.571. The van der Waals surface area contributed by atoms with Crippen LogP contribution in [0.15, 0.2) is 54.6 Å². The monoisotopic (exact) mass is 356 g/mol. The first-order valence-corrected chi connectivity index (χ1v) is 8.56. The van der Waals surface area contributed by atoms with E-state index in [1.165, 1.54) is 0 Å². The van der Waals surface area contributed by atoms with E-state index in [0.29, 0.717) is 32.7 Å². The molecular formula is C20H24N2O4. The van der Waals surface area contributed by atoms with Crippen LogP contribution in [-0.2, 0) is 29.3 Å². The maximum atomic E-state index is 11.7. The Labute approximate surface area is 153 Å². The lowest BCUT2D eigenvalue weighted by Crippen LogP contribution is -2.35. The second-order valence-electron chi connectivity index (χ2n) is 5.91. The summed E-state index contributed by atoms with van der Waals surface area (Å²) >= 11 is 0. The lowest BCUT2D eigenvalue weighted by molar-refractivity contribution is -0.137. The van der Waals surface area contributed by atoms with Crippen LogP contribution in [0, 0.1) is 0 Å². The summed E-state index contributed by atoms with van der Waals surface area (Å²) in [4.78, 5) is 22.1. The van der Waals surface area contributed by atoms with Gasteiger partial charge in [-0.3, -0.25) is 4.79 Å². The highest BCUT2D eigenvalue weighted by molar-refractivity contribution is 5.73.